The van der Waals surface area contributed by atoms with Crippen LogP contribution in [0.3, 0.4) is 0 Å². The molecule has 0 fully saturated rings. The van der Waals surface area contributed by atoms with Crippen molar-refractivity contribution in [2.24, 2.45) is 5.10 Å². The number of aryl methyl sites for hydroxylation is 1. The van der Waals surface area contributed by atoms with Crippen molar-refractivity contribution in [2.45, 2.75) is 6.92 Å². The highest BCUT2D eigenvalue weighted by atomic mass is 32.1. The number of hydrogen-bond acceptors (Lipinski definition) is 7. The largest absolute Gasteiger partial charge is 0.269 e. The van der Waals surface area contributed by atoms with Crippen molar-refractivity contribution in [1.82, 2.24) is 9.97 Å². The Morgan fingerprint density at radius 1 is 1.07 bits per heavy atom. The van der Waals surface area contributed by atoms with E-state index in [-0.39, 0.29) is 5.69 Å². The summed E-state index contributed by atoms with van der Waals surface area (Å²) in [4.78, 5) is 20.3. The van der Waals surface area contributed by atoms with Crippen LogP contribution in [0.5, 0.6) is 0 Å². The van der Waals surface area contributed by atoms with E-state index in [2.05, 4.69) is 15.5 Å². The second-order valence-corrected chi connectivity index (χ2v) is 7.52. The second kappa shape index (κ2) is 8.62. The number of nitrogens with zero attached hydrogens (tertiary/aromatic N) is 4. The van der Waals surface area contributed by atoms with Crippen molar-refractivity contribution >= 4 is 28.4 Å². The summed E-state index contributed by atoms with van der Waals surface area (Å²) in [5, 5.41) is 15.8. The molecule has 2 heterocycles. The molecule has 0 aliphatic carbocycles. The molecular formula is C22H17N5O2S. The molecule has 0 atom stereocenters. The van der Waals surface area contributed by atoms with Gasteiger partial charge in [0, 0.05) is 35.7 Å². The molecule has 8 heteroatoms. The van der Waals surface area contributed by atoms with Crippen molar-refractivity contribution < 1.29 is 4.92 Å². The fourth-order valence-corrected chi connectivity index (χ4v) is 3.76. The first-order valence-electron chi connectivity index (χ1n) is 9.12. The third kappa shape index (κ3) is 4.39. The van der Waals surface area contributed by atoms with Crippen LogP contribution in [0.2, 0.25) is 0 Å². The average molecular weight is 415 g/mol. The van der Waals surface area contributed by atoms with Gasteiger partial charge in [-0.15, -0.1) is 0 Å². The third-order valence-electron chi connectivity index (χ3n) is 4.35. The summed E-state index contributed by atoms with van der Waals surface area (Å²) in [5.41, 5.74) is 7.68. The van der Waals surface area contributed by atoms with Crippen LogP contribution in [0.15, 0.2) is 78.2 Å². The molecule has 4 rings (SSSR count). The normalized spacial score (nSPS) is 11.0. The summed E-state index contributed by atoms with van der Waals surface area (Å²) in [6, 6.07) is 18.3. The van der Waals surface area contributed by atoms with Gasteiger partial charge in [0.15, 0.2) is 0 Å². The van der Waals surface area contributed by atoms with E-state index in [1.165, 1.54) is 23.5 Å². The van der Waals surface area contributed by atoms with Crippen LogP contribution in [-0.4, -0.2) is 21.1 Å². The molecular weight excluding hydrogens is 398 g/mol. The molecule has 148 valence electrons. The lowest BCUT2D eigenvalue weighted by Crippen LogP contribution is -1.90. The number of nitro benzene ring substituents is 1. The van der Waals surface area contributed by atoms with E-state index in [0.29, 0.717) is 5.13 Å². The number of benzene rings is 2. The van der Waals surface area contributed by atoms with Gasteiger partial charge in [0.25, 0.3) is 5.69 Å². The van der Waals surface area contributed by atoms with Gasteiger partial charge >= 0.3 is 0 Å². The average Bonchev–Trinajstić information content (AvgIpc) is 3.19. The molecule has 0 aliphatic rings. The maximum Gasteiger partial charge on any atom is 0.269 e. The van der Waals surface area contributed by atoms with Crippen LogP contribution in [0, 0.1) is 17.0 Å². The third-order valence-corrected chi connectivity index (χ3v) is 5.36. The Kier molecular flexibility index (Phi) is 5.58. The predicted octanol–water partition coefficient (Wildman–Crippen LogP) is 5.53. The van der Waals surface area contributed by atoms with Gasteiger partial charge in [-0.2, -0.15) is 5.10 Å². The monoisotopic (exact) mass is 415 g/mol. The lowest BCUT2D eigenvalue weighted by atomic mass is 10.1. The zero-order valence-electron chi connectivity index (χ0n) is 16.0. The van der Waals surface area contributed by atoms with Crippen molar-refractivity contribution in [3.63, 3.8) is 0 Å². The van der Waals surface area contributed by atoms with Gasteiger partial charge in [-0.1, -0.05) is 47.2 Å². The predicted molar refractivity (Wildman–Crippen MR) is 120 cm³/mol. The molecule has 0 radical (unpaired) electrons. The molecule has 2 aromatic carbocycles. The van der Waals surface area contributed by atoms with E-state index >= 15 is 0 Å². The molecule has 0 saturated carbocycles. The first-order chi connectivity index (χ1) is 14.6. The van der Waals surface area contributed by atoms with Crippen LogP contribution < -0.4 is 5.43 Å². The minimum Gasteiger partial charge on any atom is -0.264 e. The van der Waals surface area contributed by atoms with Gasteiger partial charge in [0.1, 0.15) is 0 Å². The summed E-state index contributed by atoms with van der Waals surface area (Å²) < 4.78 is 0. The maximum atomic E-state index is 11.0. The molecule has 30 heavy (non-hydrogen) atoms. The highest BCUT2D eigenvalue weighted by molar-refractivity contribution is 7.19. The number of anilines is 1. The molecule has 0 aliphatic heterocycles. The van der Waals surface area contributed by atoms with Crippen LogP contribution in [-0.2, 0) is 0 Å². The number of thiazole rings is 1. The Morgan fingerprint density at radius 3 is 2.47 bits per heavy atom. The first kappa shape index (κ1) is 19.4. The number of nitrogens with one attached hydrogen (secondary N) is 1. The molecule has 7 nitrogen and oxygen atoms in total. The maximum absolute atomic E-state index is 11.0. The summed E-state index contributed by atoms with van der Waals surface area (Å²) in [7, 11) is 0. The topological polar surface area (TPSA) is 93.3 Å². The second-order valence-electron chi connectivity index (χ2n) is 6.52. The van der Waals surface area contributed by atoms with E-state index in [1.54, 1.807) is 30.7 Å². The molecule has 0 saturated heterocycles. The van der Waals surface area contributed by atoms with Crippen molar-refractivity contribution in [2.75, 3.05) is 5.43 Å². The molecule has 0 unspecified atom stereocenters. The highest BCUT2D eigenvalue weighted by Crippen LogP contribution is 2.39. The minimum atomic E-state index is -0.405. The summed E-state index contributed by atoms with van der Waals surface area (Å²) >= 11 is 1.44. The molecule has 0 amide bonds. The van der Waals surface area contributed by atoms with Gasteiger partial charge in [0.2, 0.25) is 5.13 Å². The number of hydrazone groups is 1. The Morgan fingerprint density at radius 2 is 1.80 bits per heavy atom. The van der Waals surface area contributed by atoms with Crippen LogP contribution in [0.25, 0.3) is 21.7 Å². The fourth-order valence-electron chi connectivity index (χ4n) is 2.82. The quantitative estimate of drug-likeness (QED) is 0.254. The summed E-state index contributed by atoms with van der Waals surface area (Å²) in [6.07, 6.45) is 5.09. The number of pyridine rings is 1. The highest BCUT2D eigenvalue weighted by Gasteiger charge is 2.16. The molecule has 2 aromatic heterocycles. The Bertz CT molecular complexity index is 1190. The lowest BCUT2D eigenvalue weighted by Gasteiger charge is -2.03. The molecule has 0 spiro atoms. The summed E-state index contributed by atoms with van der Waals surface area (Å²) in [6.45, 7) is 2.03. The lowest BCUT2D eigenvalue weighted by molar-refractivity contribution is -0.384. The molecule has 4 aromatic rings. The standard InChI is InChI=1S/C22H17N5O2S/c1-15-4-6-17(7-5-15)20-21(18-8-10-19(11-9-18)27(28)29)30-22(25-20)26-24-14-16-3-2-12-23-13-16/h2-14H,1H3,(H,25,26)/b24-14-. The van der Waals surface area contributed by atoms with Gasteiger partial charge in [-0.25, -0.2) is 4.98 Å². The van der Waals surface area contributed by atoms with E-state index in [1.807, 2.05) is 43.3 Å². The molecule has 1 N–H and O–H groups in total. The molecule has 0 bridgehead atoms. The van der Waals surface area contributed by atoms with E-state index in [9.17, 15) is 10.1 Å². The van der Waals surface area contributed by atoms with Crippen LogP contribution in [0.4, 0.5) is 10.8 Å². The van der Waals surface area contributed by atoms with Crippen molar-refractivity contribution in [1.29, 1.82) is 0 Å². The first-order valence-corrected chi connectivity index (χ1v) is 9.93. The summed E-state index contributed by atoms with van der Waals surface area (Å²) in [5.74, 6) is 0. The minimum absolute atomic E-state index is 0.0552. The smallest absolute Gasteiger partial charge is 0.264 e. The SMILES string of the molecule is Cc1ccc(-c2nc(N/N=C\c3cccnc3)sc2-c2ccc([N+](=O)[O-])cc2)cc1. The van der Waals surface area contributed by atoms with Gasteiger partial charge in [0.05, 0.1) is 21.7 Å². The Labute approximate surface area is 176 Å². The van der Waals surface area contributed by atoms with E-state index in [0.717, 1.165) is 32.8 Å². The number of aromatic nitrogens is 2. The fraction of sp³-hybridized carbons (Fsp3) is 0.0455. The van der Waals surface area contributed by atoms with Gasteiger partial charge < -0.3 is 0 Å². The van der Waals surface area contributed by atoms with E-state index < -0.39 is 4.92 Å². The van der Waals surface area contributed by atoms with Gasteiger partial charge in [-0.3, -0.25) is 20.5 Å². The number of nitro groups is 1. The number of non-ortho nitro benzene ring substituents is 1. The number of hydrogen-bond donors (Lipinski definition) is 1. The van der Waals surface area contributed by atoms with Crippen molar-refractivity contribution in [3.05, 3.63) is 94.3 Å². The Balaban J connectivity index is 1.68. The Hall–Kier alpha value is -3.91. The van der Waals surface area contributed by atoms with Crippen molar-refractivity contribution in [3.8, 4) is 21.7 Å². The number of rotatable bonds is 6. The zero-order valence-corrected chi connectivity index (χ0v) is 16.8. The van der Waals surface area contributed by atoms with E-state index in [4.69, 9.17) is 4.98 Å². The zero-order chi connectivity index (χ0) is 20.9. The van der Waals surface area contributed by atoms with Crippen LogP contribution in [0.1, 0.15) is 11.1 Å². The van der Waals surface area contributed by atoms with Gasteiger partial charge in [-0.05, 0) is 30.7 Å². The van der Waals surface area contributed by atoms with Crippen LogP contribution >= 0.6 is 11.3 Å².